The number of aromatic carboxylic acids is 1. The van der Waals surface area contributed by atoms with E-state index in [4.69, 9.17) is 5.11 Å². The fraction of sp³-hybridized carbons (Fsp3) is 0.318. The van der Waals surface area contributed by atoms with Gasteiger partial charge in [-0.05, 0) is 43.0 Å². The molecule has 182 valence electrons. The molecule has 1 aliphatic heterocycles. The average Bonchev–Trinajstić information content (AvgIpc) is 3.47. The monoisotopic (exact) mass is 487 g/mol. The Morgan fingerprint density at radius 2 is 1.83 bits per heavy atom. The number of halogens is 3. The van der Waals surface area contributed by atoms with Crippen LogP contribution in [0.4, 0.5) is 18.9 Å². The van der Waals surface area contributed by atoms with E-state index in [1.165, 1.54) is 29.2 Å². The molecular formula is C22H20F3N7O3. The van der Waals surface area contributed by atoms with Crippen molar-refractivity contribution in [3.05, 3.63) is 64.3 Å². The Morgan fingerprint density at radius 3 is 2.46 bits per heavy atom. The van der Waals surface area contributed by atoms with Gasteiger partial charge >= 0.3 is 12.1 Å². The average molecular weight is 487 g/mol. The molecule has 0 saturated carbocycles. The van der Waals surface area contributed by atoms with Crippen molar-refractivity contribution in [1.29, 1.82) is 0 Å². The van der Waals surface area contributed by atoms with E-state index in [-0.39, 0.29) is 17.4 Å². The summed E-state index contributed by atoms with van der Waals surface area (Å²) >= 11 is 0. The van der Waals surface area contributed by atoms with Crippen molar-refractivity contribution in [3.63, 3.8) is 0 Å². The minimum Gasteiger partial charge on any atom is -0.478 e. The Balaban J connectivity index is 1.27. The number of piperidine rings is 1. The zero-order chi connectivity index (χ0) is 24.7. The van der Waals surface area contributed by atoms with Crippen LogP contribution in [0, 0.1) is 5.92 Å². The molecule has 1 fully saturated rings. The number of H-pyrrole nitrogens is 1. The van der Waals surface area contributed by atoms with Gasteiger partial charge in [0.15, 0.2) is 5.52 Å². The van der Waals surface area contributed by atoms with Gasteiger partial charge in [0, 0.05) is 31.5 Å². The Hall–Kier alpha value is -4.16. The van der Waals surface area contributed by atoms with Crippen LogP contribution in [-0.2, 0) is 12.7 Å². The minimum absolute atomic E-state index is 0.0360. The predicted octanol–water partition coefficient (Wildman–Crippen LogP) is 2.94. The van der Waals surface area contributed by atoms with E-state index in [2.05, 4.69) is 20.2 Å². The van der Waals surface area contributed by atoms with Crippen molar-refractivity contribution in [3.8, 4) is 5.95 Å². The van der Waals surface area contributed by atoms with Gasteiger partial charge in [-0.3, -0.25) is 14.5 Å². The van der Waals surface area contributed by atoms with Crippen LogP contribution < -0.4 is 10.5 Å². The molecule has 4 aromatic rings. The summed E-state index contributed by atoms with van der Waals surface area (Å²) in [5.41, 5.74) is 0.295. The first kappa shape index (κ1) is 22.6. The Labute approximate surface area is 195 Å². The lowest BCUT2D eigenvalue weighted by atomic mass is 9.96. The second-order valence-corrected chi connectivity index (χ2v) is 8.40. The van der Waals surface area contributed by atoms with E-state index in [1.54, 1.807) is 4.68 Å². The van der Waals surface area contributed by atoms with E-state index in [1.807, 2.05) is 4.90 Å². The number of aromatic nitrogens is 6. The number of nitrogens with zero attached hydrogens (tertiary/aromatic N) is 6. The molecule has 0 unspecified atom stereocenters. The SMILES string of the molecule is O=C(O)c1cnn(-c2nc3cnn(CC4CCN(c5ccc(C(F)(F)F)cc5)CC4)c3c(=O)[nH]2)c1. The highest BCUT2D eigenvalue weighted by atomic mass is 19.4. The first-order chi connectivity index (χ1) is 16.7. The van der Waals surface area contributed by atoms with E-state index in [0.717, 1.165) is 36.9 Å². The quantitative estimate of drug-likeness (QED) is 0.444. The first-order valence-corrected chi connectivity index (χ1v) is 10.9. The van der Waals surface area contributed by atoms with Crippen molar-refractivity contribution in [2.24, 2.45) is 5.92 Å². The topological polar surface area (TPSA) is 122 Å². The van der Waals surface area contributed by atoms with Crippen molar-refractivity contribution < 1.29 is 23.1 Å². The van der Waals surface area contributed by atoms with Crippen LogP contribution in [0.15, 0.2) is 47.7 Å². The molecule has 35 heavy (non-hydrogen) atoms. The molecule has 0 atom stereocenters. The molecule has 1 saturated heterocycles. The maximum Gasteiger partial charge on any atom is 0.416 e. The molecule has 4 heterocycles. The highest BCUT2D eigenvalue weighted by Crippen LogP contribution is 2.31. The van der Waals surface area contributed by atoms with Gasteiger partial charge in [-0.2, -0.15) is 23.4 Å². The largest absolute Gasteiger partial charge is 0.478 e. The van der Waals surface area contributed by atoms with E-state index < -0.39 is 23.3 Å². The Bertz CT molecular complexity index is 1430. The van der Waals surface area contributed by atoms with Crippen LogP contribution in [0.2, 0.25) is 0 Å². The van der Waals surface area contributed by atoms with E-state index in [0.29, 0.717) is 30.7 Å². The van der Waals surface area contributed by atoms with Crippen LogP contribution in [0.25, 0.3) is 17.0 Å². The Morgan fingerprint density at radius 1 is 1.11 bits per heavy atom. The molecule has 1 aromatic carbocycles. The van der Waals surface area contributed by atoms with Crippen LogP contribution >= 0.6 is 0 Å². The van der Waals surface area contributed by atoms with Crippen molar-refractivity contribution in [2.45, 2.75) is 25.6 Å². The third-order valence-electron chi connectivity index (χ3n) is 6.14. The molecule has 1 aliphatic rings. The number of alkyl halides is 3. The predicted molar refractivity (Wildman–Crippen MR) is 119 cm³/mol. The maximum absolute atomic E-state index is 12.8. The highest BCUT2D eigenvalue weighted by Gasteiger charge is 2.30. The van der Waals surface area contributed by atoms with Gasteiger partial charge < -0.3 is 10.0 Å². The molecule has 0 radical (unpaired) electrons. The molecule has 0 amide bonds. The van der Waals surface area contributed by atoms with Gasteiger partial charge in [-0.1, -0.05) is 0 Å². The molecule has 13 heteroatoms. The lowest BCUT2D eigenvalue weighted by Crippen LogP contribution is -2.35. The zero-order valence-electron chi connectivity index (χ0n) is 18.2. The van der Waals surface area contributed by atoms with Crippen molar-refractivity contribution in [2.75, 3.05) is 18.0 Å². The number of fused-ring (bicyclic) bond motifs is 1. The van der Waals surface area contributed by atoms with Crippen molar-refractivity contribution in [1.82, 2.24) is 29.5 Å². The number of nitrogens with one attached hydrogen (secondary N) is 1. The summed E-state index contributed by atoms with van der Waals surface area (Å²) in [6, 6.07) is 5.17. The van der Waals surface area contributed by atoms with Gasteiger partial charge in [-0.25, -0.2) is 14.5 Å². The van der Waals surface area contributed by atoms with Gasteiger partial charge in [0.25, 0.3) is 5.56 Å². The molecule has 5 rings (SSSR count). The molecular weight excluding hydrogens is 467 g/mol. The number of rotatable bonds is 5. The lowest BCUT2D eigenvalue weighted by Gasteiger charge is -2.33. The van der Waals surface area contributed by atoms with Crippen LogP contribution in [-0.4, -0.2) is 53.7 Å². The molecule has 10 nitrogen and oxygen atoms in total. The summed E-state index contributed by atoms with van der Waals surface area (Å²) in [5.74, 6) is -0.830. The second-order valence-electron chi connectivity index (χ2n) is 8.40. The molecule has 3 aromatic heterocycles. The van der Waals surface area contributed by atoms with E-state index >= 15 is 0 Å². The number of carbonyl (C=O) groups is 1. The summed E-state index contributed by atoms with van der Waals surface area (Å²) in [7, 11) is 0. The van der Waals surface area contributed by atoms with Crippen LogP contribution in [0.5, 0.6) is 0 Å². The van der Waals surface area contributed by atoms with E-state index in [9.17, 15) is 22.8 Å². The molecule has 0 bridgehead atoms. The van der Waals surface area contributed by atoms with Gasteiger partial charge in [0.2, 0.25) is 5.95 Å². The lowest BCUT2D eigenvalue weighted by molar-refractivity contribution is -0.137. The van der Waals surface area contributed by atoms with Crippen molar-refractivity contribution >= 4 is 22.7 Å². The second kappa shape index (κ2) is 8.56. The Kier molecular flexibility index (Phi) is 5.53. The van der Waals surface area contributed by atoms with Crippen LogP contribution in [0.3, 0.4) is 0 Å². The number of anilines is 1. The molecule has 2 N–H and O–H groups in total. The minimum atomic E-state index is -4.36. The number of benzene rings is 1. The normalized spacial score (nSPS) is 15.1. The summed E-state index contributed by atoms with van der Waals surface area (Å²) in [4.78, 5) is 32.9. The number of carboxylic acids is 1. The molecule has 0 aliphatic carbocycles. The summed E-state index contributed by atoms with van der Waals surface area (Å²) in [6.45, 7) is 1.86. The fourth-order valence-electron chi connectivity index (χ4n) is 4.27. The fourth-order valence-corrected chi connectivity index (χ4v) is 4.27. The number of aromatic amines is 1. The number of hydrogen-bond acceptors (Lipinski definition) is 6. The van der Waals surface area contributed by atoms with Gasteiger partial charge in [-0.15, -0.1) is 0 Å². The summed E-state index contributed by atoms with van der Waals surface area (Å²) in [5, 5.41) is 17.3. The van der Waals surface area contributed by atoms with Gasteiger partial charge in [0.05, 0.1) is 23.5 Å². The number of carboxylic acid groups (broad SMARTS) is 1. The maximum atomic E-state index is 12.8. The van der Waals surface area contributed by atoms with Crippen LogP contribution in [0.1, 0.15) is 28.8 Å². The zero-order valence-corrected chi connectivity index (χ0v) is 18.2. The third-order valence-corrected chi connectivity index (χ3v) is 6.14. The molecule has 0 spiro atoms. The smallest absolute Gasteiger partial charge is 0.416 e. The van der Waals surface area contributed by atoms with Gasteiger partial charge in [0.1, 0.15) is 5.52 Å². The third kappa shape index (κ3) is 4.48. The highest BCUT2D eigenvalue weighted by molar-refractivity contribution is 5.87. The summed E-state index contributed by atoms with van der Waals surface area (Å²) in [6.07, 6.45) is 1.11. The standard InChI is InChI=1S/C22H20F3N7O3/c23-22(24,25)15-1-3-16(4-2-15)30-7-5-13(6-8-30)11-31-18-17(10-27-31)28-21(29-19(18)33)32-12-14(9-26-32)20(34)35/h1-4,9-10,12-13H,5-8,11H2,(H,34,35)(H,28,29,33). The first-order valence-electron chi connectivity index (χ1n) is 10.9. The summed E-state index contributed by atoms with van der Waals surface area (Å²) < 4.78 is 41.2. The number of hydrogen-bond donors (Lipinski definition) is 2.